The summed E-state index contributed by atoms with van der Waals surface area (Å²) < 4.78 is 7.17. The van der Waals surface area contributed by atoms with Crippen LogP contribution in [0.25, 0.3) is 0 Å². The van der Waals surface area contributed by atoms with Crippen molar-refractivity contribution in [3.8, 4) is 5.88 Å². The van der Waals surface area contributed by atoms with E-state index in [1.54, 1.807) is 22.9 Å². The molecule has 1 amide bonds. The van der Waals surface area contributed by atoms with Gasteiger partial charge in [-0.25, -0.2) is 4.68 Å². The number of carbonyl (C=O) groups excluding carboxylic acids is 1. The van der Waals surface area contributed by atoms with Crippen molar-refractivity contribution < 1.29 is 9.53 Å². The molecule has 0 aliphatic carbocycles. The van der Waals surface area contributed by atoms with Crippen LogP contribution in [-0.4, -0.2) is 22.3 Å². The van der Waals surface area contributed by atoms with Crippen molar-refractivity contribution in [2.24, 2.45) is 0 Å². The van der Waals surface area contributed by atoms with Gasteiger partial charge in [0.1, 0.15) is 5.56 Å². The van der Waals surface area contributed by atoms with Crippen LogP contribution >= 0.6 is 23.2 Å². The number of rotatable bonds is 2. The topological polar surface area (TPSA) is 56.2 Å². The molecular formula is C13H11Cl2N3O2. The van der Waals surface area contributed by atoms with E-state index in [1.807, 2.05) is 0 Å². The normalized spacial score (nSPS) is 13.5. The average molecular weight is 312 g/mol. The first-order valence-corrected chi connectivity index (χ1v) is 6.86. The van der Waals surface area contributed by atoms with Gasteiger partial charge in [0.2, 0.25) is 5.88 Å². The number of aryl methyl sites for hydroxylation is 1. The highest BCUT2D eigenvalue weighted by Crippen LogP contribution is 2.30. The Hall–Kier alpha value is -1.72. The lowest BCUT2D eigenvalue weighted by Gasteiger charge is -2.16. The van der Waals surface area contributed by atoms with Crippen molar-refractivity contribution in [3.05, 3.63) is 40.0 Å². The number of anilines is 1. The van der Waals surface area contributed by atoms with Crippen molar-refractivity contribution in [1.82, 2.24) is 9.78 Å². The Kier molecular flexibility index (Phi) is 3.54. The fourth-order valence-electron chi connectivity index (χ4n) is 2.01. The first-order valence-electron chi connectivity index (χ1n) is 6.11. The number of benzene rings is 1. The predicted molar refractivity (Wildman–Crippen MR) is 76.8 cm³/mol. The Morgan fingerprint density at radius 2 is 2.25 bits per heavy atom. The van der Waals surface area contributed by atoms with Gasteiger partial charge in [-0.1, -0.05) is 29.3 Å². The lowest BCUT2D eigenvalue weighted by Crippen LogP contribution is -2.18. The highest BCUT2D eigenvalue weighted by Gasteiger charge is 2.22. The molecule has 20 heavy (non-hydrogen) atoms. The Labute approximate surface area is 125 Å². The van der Waals surface area contributed by atoms with Crippen LogP contribution in [0.4, 0.5) is 5.69 Å². The van der Waals surface area contributed by atoms with Crippen molar-refractivity contribution in [2.45, 2.75) is 13.0 Å². The minimum Gasteiger partial charge on any atom is -0.477 e. The molecule has 0 radical (unpaired) electrons. The molecule has 1 aliphatic rings. The lowest BCUT2D eigenvalue weighted by molar-refractivity contribution is 0.102. The van der Waals surface area contributed by atoms with Crippen molar-refractivity contribution in [1.29, 1.82) is 0 Å². The summed E-state index contributed by atoms with van der Waals surface area (Å²) in [6, 6.07) is 5.06. The number of fused-ring (bicyclic) bond motifs is 1. The van der Waals surface area contributed by atoms with Crippen LogP contribution in [0.5, 0.6) is 5.88 Å². The van der Waals surface area contributed by atoms with Gasteiger partial charge in [-0.05, 0) is 12.1 Å². The second-order valence-electron chi connectivity index (χ2n) is 4.34. The summed E-state index contributed by atoms with van der Waals surface area (Å²) in [5, 5.41) is 7.54. The molecule has 0 bridgehead atoms. The molecule has 1 aliphatic heterocycles. The number of hydrogen-bond donors (Lipinski definition) is 1. The molecule has 2 aromatic rings. The van der Waals surface area contributed by atoms with E-state index in [9.17, 15) is 4.79 Å². The van der Waals surface area contributed by atoms with E-state index >= 15 is 0 Å². The molecule has 104 valence electrons. The molecule has 1 aromatic heterocycles. The van der Waals surface area contributed by atoms with Gasteiger partial charge in [-0.15, -0.1) is 0 Å². The summed E-state index contributed by atoms with van der Waals surface area (Å²) in [5.74, 6) is 0.171. The highest BCUT2D eigenvalue weighted by atomic mass is 35.5. The van der Waals surface area contributed by atoms with Crippen LogP contribution in [0, 0.1) is 0 Å². The molecule has 1 aromatic carbocycles. The zero-order valence-corrected chi connectivity index (χ0v) is 11.9. The smallest absolute Gasteiger partial charge is 0.262 e. The highest BCUT2D eigenvalue weighted by molar-refractivity contribution is 6.44. The van der Waals surface area contributed by atoms with E-state index in [0.29, 0.717) is 33.8 Å². The standard InChI is InChI=1S/C13H11Cl2N3O2/c14-9-3-1-4-10(11(9)15)17-12(19)8-7-16-18-5-2-6-20-13(8)18/h1,3-4,7H,2,5-6H2,(H,17,19). The summed E-state index contributed by atoms with van der Waals surface area (Å²) in [5.41, 5.74) is 0.848. The van der Waals surface area contributed by atoms with Crippen molar-refractivity contribution in [3.63, 3.8) is 0 Å². The predicted octanol–water partition coefficient (Wildman–Crippen LogP) is 3.22. The summed E-state index contributed by atoms with van der Waals surface area (Å²) in [7, 11) is 0. The van der Waals surface area contributed by atoms with Crippen LogP contribution in [0.2, 0.25) is 10.0 Å². The monoisotopic (exact) mass is 311 g/mol. The van der Waals surface area contributed by atoms with Gasteiger partial charge >= 0.3 is 0 Å². The SMILES string of the molecule is O=C(Nc1cccc(Cl)c1Cl)c1cnn2c1OCCC2. The van der Waals surface area contributed by atoms with Gasteiger partial charge in [-0.2, -0.15) is 5.10 Å². The number of nitrogens with one attached hydrogen (secondary N) is 1. The Balaban J connectivity index is 1.86. The maximum absolute atomic E-state index is 12.3. The first-order chi connectivity index (χ1) is 9.66. The van der Waals surface area contributed by atoms with E-state index in [2.05, 4.69) is 10.4 Å². The van der Waals surface area contributed by atoms with Gasteiger partial charge in [0.25, 0.3) is 5.91 Å². The molecule has 2 heterocycles. The van der Waals surface area contributed by atoms with Crippen molar-refractivity contribution in [2.75, 3.05) is 11.9 Å². The Bertz CT molecular complexity index is 670. The number of hydrogen-bond acceptors (Lipinski definition) is 3. The van der Waals surface area contributed by atoms with E-state index in [4.69, 9.17) is 27.9 Å². The third-order valence-electron chi connectivity index (χ3n) is 2.99. The Morgan fingerprint density at radius 1 is 1.40 bits per heavy atom. The molecule has 0 saturated carbocycles. The number of carbonyl (C=O) groups is 1. The molecule has 0 spiro atoms. The minimum absolute atomic E-state index is 0.310. The van der Waals surface area contributed by atoms with E-state index in [0.717, 1.165) is 13.0 Å². The van der Waals surface area contributed by atoms with E-state index in [1.165, 1.54) is 6.20 Å². The molecule has 0 unspecified atom stereocenters. The summed E-state index contributed by atoms with van der Waals surface area (Å²) in [6.07, 6.45) is 2.38. The molecular weight excluding hydrogens is 301 g/mol. The third-order valence-corrected chi connectivity index (χ3v) is 3.81. The van der Waals surface area contributed by atoms with Crippen LogP contribution in [0.1, 0.15) is 16.8 Å². The quantitative estimate of drug-likeness (QED) is 0.926. The zero-order chi connectivity index (χ0) is 14.1. The van der Waals surface area contributed by atoms with Gasteiger partial charge in [0.15, 0.2) is 0 Å². The molecule has 7 heteroatoms. The van der Waals surface area contributed by atoms with Gasteiger partial charge in [0, 0.05) is 13.0 Å². The fraction of sp³-hybridized carbons (Fsp3) is 0.231. The number of aromatic nitrogens is 2. The fourth-order valence-corrected chi connectivity index (χ4v) is 2.36. The Morgan fingerprint density at radius 3 is 3.10 bits per heavy atom. The number of amides is 1. The number of halogens is 2. The molecule has 0 saturated heterocycles. The minimum atomic E-state index is -0.322. The maximum Gasteiger partial charge on any atom is 0.262 e. The van der Waals surface area contributed by atoms with Crippen LogP contribution in [0.3, 0.4) is 0 Å². The van der Waals surface area contributed by atoms with E-state index < -0.39 is 0 Å². The van der Waals surface area contributed by atoms with Gasteiger partial charge < -0.3 is 10.1 Å². The summed E-state index contributed by atoms with van der Waals surface area (Å²) >= 11 is 12.0. The second kappa shape index (κ2) is 5.34. The molecule has 0 fully saturated rings. The molecule has 3 rings (SSSR count). The number of ether oxygens (including phenoxy) is 1. The van der Waals surface area contributed by atoms with Gasteiger partial charge in [-0.3, -0.25) is 4.79 Å². The maximum atomic E-state index is 12.3. The summed E-state index contributed by atoms with van der Waals surface area (Å²) in [6.45, 7) is 1.34. The number of nitrogens with zero attached hydrogens (tertiary/aromatic N) is 2. The first kappa shape index (κ1) is 13.3. The zero-order valence-electron chi connectivity index (χ0n) is 10.4. The van der Waals surface area contributed by atoms with E-state index in [-0.39, 0.29) is 5.91 Å². The summed E-state index contributed by atoms with van der Waals surface area (Å²) in [4.78, 5) is 12.3. The molecule has 1 N–H and O–H groups in total. The second-order valence-corrected chi connectivity index (χ2v) is 5.13. The largest absolute Gasteiger partial charge is 0.477 e. The third kappa shape index (κ3) is 2.34. The van der Waals surface area contributed by atoms with Crippen LogP contribution < -0.4 is 10.1 Å². The molecule has 0 atom stereocenters. The average Bonchev–Trinajstić information content (AvgIpc) is 2.88. The van der Waals surface area contributed by atoms with Crippen molar-refractivity contribution >= 4 is 34.8 Å². The van der Waals surface area contributed by atoms with Crippen LogP contribution in [0.15, 0.2) is 24.4 Å². The van der Waals surface area contributed by atoms with Gasteiger partial charge in [0.05, 0.1) is 28.5 Å². The lowest BCUT2D eigenvalue weighted by atomic mass is 10.2. The van der Waals surface area contributed by atoms with Crippen LogP contribution in [-0.2, 0) is 6.54 Å². The molecule has 5 nitrogen and oxygen atoms in total.